The Hall–Kier alpha value is -3.37. The van der Waals surface area contributed by atoms with Gasteiger partial charge in [-0.25, -0.2) is 18.2 Å². The molecule has 6 nitrogen and oxygen atoms in total. The minimum atomic E-state index is -3.10. The Bertz CT molecular complexity index is 1040. The van der Waals surface area contributed by atoms with Gasteiger partial charge in [0.2, 0.25) is 0 Å². The summed E-state index contributed by atoms with van der Waals surface area (Å²) in [6.07, 6.45) is 0. The first-order chi connectivity index (χ1) is 15.2. The van der Waals surface area contributed by atoms with Crippen LogP contribution in [0.25, 0.3) is 0 Å². The molecule has 0 unspecified atom stereocenters. The van der Waals surface area contributed by atoms with E-state index in [2.05, 4.69) is 14.7 Å². The van der Waals surface area contributed by atoms with Gasteiger partial charge in [-0.1, -0.05) is 24.3 Å². The molecule has 1 atom stereocenters. The predicted molar refractivity (Wildman–Crippen MR) is 107 cm³/mol. The van der Waals surface area contributed by atoms with E-state index in [-0.39, 0.29) is 24.2 Å². The summed E-state index contributed by atoms with van der Waals surface area (Å²) in [5.41, 5.74) is 5.52. The van der Waals surface area contributed by atoms with Gasteiger partial charge >= 0.3 is 6.61 Å². The summed E-state index contributed by atoms with van der Waals surface area (Å²) in [7, 11) is 0. The number of nitrogens with two attached hydrogens (primary N) is 1. The number of benzene rings is 2. The van der Waals surface area contributed by atoms with Crippen LogP contribution in [0, 0.1) is 0 Å². The van der Waals surface area contributed by atoms with Gasteiger partial charge in [0.05, 0.1) is 6.54 Å². The van der Waals surface area contributed by atoms with Crippen LogP contribution in [0.5, 0.6) is 11.5 Å². The fraction of sp³-hybridized carbons (Fsp3) is 0.333. The Balaban J connectivity index is 1.86. The van der Waals surface area contributed by atoms with Crippen molar-refractivity contribution in [1.82, 2.24) is 4.90 Å². The molecule has 170 valence electrons. The second kappa shape index (κ2) is 8.29. The molecule has 0 aliphatic carbocycles. The molecule has 32 heavy (non-hydrogen) atoms. The maximum Gasteiger partial charge on any atom is 0.387 e. The van der Waals surface area contributed by atoms with Crippen LogP contribution in [0.3, 0.4) is 0 Å². The monoisotopic (exact) mass is 454 g/mol. The fourth-order valence-electron chi connectivity index (χ4n) is 3.81. The number of ether oxygens (including phenoxy) is 2. The van der Waals surface area contributed by atoms with Gasteiger partial charge in [0, 0.05) is 0 Å². The van der Waals surface area contributed by atoms with Gasteiger partial charge < -0.3 is 15.2 Å². The topological polar surface area (TPSA) is 72.4 Å². The molecule has 0 fully saturated rings. The highest BCUT2D eigenvalue weighted by molar-refractivity contribution is 6.12. The first-order valence-electron chi connectivity index (χ1n) is 9.65. The molecule has 2 aliphatic rings. The molecule has 0 spiro atoms. The first kappa shape index (κ1) is 21.8. The summed E-state index contributed by atoms with van der Waals surface area (Å²) in [5.74, 6) is -2.83. The Morgan fingerprint density at radius 3 is 2.50 bits per heavy atom. The van der Waals surface area contributed by atoms with Gasteiger partial charge in [0.25, 0.3) is 5.92 Å². The van der Waals surface area contributed by atoms with E-state index in [9.17, 15) is 22.0 Å². The molecule has 0 bridgehead atoms. The maximum atomic E-state index is 14.0. The van der Waals surface area contributed by atoms with E-state index in [1.165, 1.54) is 24.3 Å². The number of halogens is 5. The quantitative estimate of drug-likeness (QED) is 0.650. The van der Waals surface area contributed by atoms with Crippen molar-refractivity contribution in [2.45, 2.75) is 18.1 Å². The molecular weight excluding hydrogens is 435 g/mol. The minimum absolute atomic E-state index is 0.0807. The van der Waals surface area contributed by atoms with Crippen molar-refractivity contribution in [1.29, 1.82) is 0 Å². The standard InChI is InChI=1S/C21H19F5N4O2/c22-8-9-31-16-3-1-2-14(10-16)21(13-4-6-15(7-5-13)32-18(23)24)17-28-11-20(25,26)12-30(17)19(27)29-21/h1-7,10,18H,8-9,11-12H2,(H2,27,29)/t21-/m1/s1. The summed E-state index contributed by atoms with van der Waals surface area (Å²) >= 11 is 0. The Labute approximate surface area is 180 Å². The number of aliphatic imine (C=N–C) groups is 2. The number of nitrogens with zero attached hydrogens (tertiary/aromatic N) is 3. The molecule has 0 saturated heterocycles. The molecule has 0 radical (unpaired) electrons. The van der Waals surface area contributed by atoms with Crippen LogP contribution >= 0.6 is 0 Å². The highest BCUT2D eigenvalue weighted by Gasteiger charge is 2.53. The number of alkyl halides is 5. The second-order valence-electron chi connectivity index (χ2n) is 7.23. The lowest BCUT2D eigenvalue weighted by Crippen LogP contribution is -2.53. The number of fused-ring (bicyclic) bond motifs is 1. The lowest BCUT2D eigenvalue weighted by molar-refractivity contribution is -0.0498. The highest BCUT2D eigenvalue weighted by Crippen LogP contribution is 2.44. The van der Waals surface area contributed by atoms with Crippen molar-refractivity contribution < 1.29 is 31.4 Å². The highest BCUT2D eigenvalue weighted by atomic mass is 19.3. The van der Waals surface area contributed by atoms with Crippen molar-refractivity contribution in [3.05, 3.63) is 59.7 Å². The number of guanidine groups is 1. The van der Waals surface area contributed by atoms with Gasteiger partial charge in [-0.2, -0.15) is 8.78 Å². The van der Waals surface area contributed by atoms with Crippen LogP contribution < -0.4 is 15.2 Å². The fourth-order valence-corrected chi connectivity index (χ4v) is 3.81. The van der Waals surface area contributed by atoms with Crippen LogP contribution in [-0.4, -0.2) is 55.6 Å². The van der Waals surface area contributed by atoms with Crippen LogP contribution in [0.1, 0.15) is 11.1 Å². The van der Waals surface area contributed by atoms with Crippen LogP contribution in [0.4, 0.5) is 22.0 Å². The Morgan fingerprint density at radius 1 is 1.06 bits per heavy atom. The smallest absolute Gasteiger partial charge is 0.387 e. The van der Waals surface area contributed by atoms with E-state index in [0.717, 1.165) is 4.90 Å². The number of amidine groups is 1. The molecule has 2 aromatic rings. The molecular formula is C21H19F5N4O2. The summed E-state index contributed by atoms with van der Waals surface area (Å²) in [4.78, 5) is 9.77. The summed E-state index contributed by atoms with van der Waals surface area (Å²) in [6, 6.07) is 12.1. The number of hydrogen-bond acceptors (Lipinski definition) is 6. The zero-order chi connectivity index (χ0) is 22.9. The molecule has 2 aliphatic heterocycles. The van der Waals surface area contributed by atoms with Gasteiger partial charge in [-0.3, -0.25) is 9.89 Å². The van der Waals surface area contributed by atoms with E-state index in [1.807, 2.05) is 0 Å². The van der Waals surface area contributed by atoms with Crippen LogP contribution in [-0.2, 0) is 5.54 Å². The lowest BCUT2D eigenvalue weighted by atomic mass is 9.81. The SMILES string of the molecule is NC1=N[C@](c2ccc(OC(F)F)cc2)(c2cccc(OCCF)c2)C2=NCC(F)(F)CN12. The van der Waals surface area contributed by atoms with E-state index in [1.54, 1.807) is 24.3 Å². The van der Waals surface area contributed by atoms with Gasteiger partial charge in [-0.05, 0) is 35.4 Å². The molecule has 0 amide bonds. The molecule has 2 heterocycles. The zero-order valence-corrected chi connectivity index (χ0v) is 16.6. The van der Waals surface area contributed by atoms with Crippen LogP contribution in [0.15, 0.2) is 58.5 Å². The Kier molecular flexibility index (Phi) is 5.66. The summed E-state index contributed by atoms with van der Waals surface area (Å²) in [5, 5.41) is 0. The molecule has 0 aromatic heterocycles. The minimum Gasteiger partial charge on any atom is -0.491 e. The van der Waals surface area contributed by atoms with Crippen molar-refractivity contribution >= 4 is 11.8 Å². The van der Waals surface area contributed by atoms with Crippen LogP contribution in [0.2, 0.25) is 0 Å². The number of hydrogen-bond donors (Lipinski definition) is 1. The van der Waals surface area contributed by atoms with Crippen molar-refractivity contribution in [2.75, 3.05) is 26.4 Å². The normalized spacial score (nSPS) is 21.8. The van der Waals surface area contributed by atoms with E-state index < -0.39 is 37.8 Å². The van der Waals surface area contributed by atoms with Gasteiger partial charge in [0.15, 0.2) is 11.5 Å². The van der Waals surface area contributed by atoms with Crippen molar-refractivity contribution in [2.24, 2.45) is 15.7 Å². The zero-order valence-electron chi connectivity index (χ0n) is 16.6. The van der Waals surface area contributed by atoms with Crippen molar-refractivity contribution in [3.63, 3.8) is 0 Å². The molecule has 2 N–H and O–H groups in total. The van der Waals surface area contributed by atoms with Gasteiger partial charge in [0.1, 0.15) is 37.2 Å². The maximum absolute atomic E-state index is 14.0. The number of rotatable bonds is 7. The third-order valence-electron chi connectivity index (χ3n) is 5.08. The lowest BCUT2D eigenvalue weighted by Gasteiger charge is -2.35. The average molecular weight is 454 g/mol. The van der Waals surface area contributed by atoms with E-state index in [4.69, 9.17) is 10.5 Å². The largest absolute Gasteiger partial charge is 0.491 e. The van der Waals surface area contributed by atoms with Crippen molar-refractivity contribution in [3.8, 4) is 11.5 Å². The van der Waals surface area contributed by atoms with E-state index >= 15 is 0 Å². The van der Waals surface area contributed by atoms with Gasteiger partial charge in [-0.15, -0.1) is 0 Å². The predicted octanol–water partition coefficient (Wildman–Crippen LogP) is 3.56. The Morgan fingerprint density at radius 2 is 1.81 bits per heavy atom. The average Bonchev–Trinajstić information content (AvgIpc) is 3.04. The van der Waals surface area contributed by atoms with E-state index in [0.29, 0.717) is 16.9 Å². The summed E-state index contributed by atoms with van der Waals surface area (Å²) in [6.45, 7) is -5.32. The third kappa shape index (κ3) is 3.94. The molecule has 11 heteroatoms. The first-order valence-corrected chi connectivity index (χ1v) is 9.65. The molecule has 0 saturated carbocycles. The third-order valence-corrected chi connectivity index (χ3v) is 5.08. The second-order valence-corrected chi connectivity index (χ2v) is 7.23. The summed E-state index contributed by atoms with van der Waals surface area (Å²) < 4.78 is 75.5. The molecule has 4 rings (SSSR count). The molecule has 2 aromatic carbocycles.